The Morgan fingerprint density at radius 1 is 1.29 bits per heavy atom. The van der Waals surface area contributed by atoms with Crippen LogP contribution in [0.15, 0.2) is 0 Å². The fourth-order valence-corrected chi connectivity index (χ4v) is 2.88. The molecule has 0 saturated heterocycles. The van der Waals surface area contributed by atoms with E-state index in [1.165, 1.54) is 32.1 Å². The maximum absolute atomic E-state index is 11.6. The van der Waals surface area contributed by atoms with Gasteiger partial charge in [0.2, 0.25) is 5.91 Å². The first-order valence-electron chi connectivity index (χ1n) is 7.13. The zero-order valence-corrected chi connectivity index (χ0v) is 11.8. The van der Waals surface area contributed by atoms with E-state index in [-0.39, 0.29) is 5.91 Å². The molecule has 0 radical (unpaired) electrons. The molecular formula is C14H26ClNO. The first-order valence-corrected chi connectivity index (χ1v) is 7.56. The highest BCUT2D eigenvalue weighted by molar-refractivity contribution is 6.20. The molecule has 0 aromatic heterocycles. The summed E-state index contributed by atoms with van der Waals surface area (Å²) in [6, 6.07) is 0. The van der Waals surface area contributed by atoms with Crippen molar-refractivity contribution in [2.24, 2.45) is 5.92 Å². The molecular weight excluding hydrogens is 234 g/mol. The minimum absolute atomic E-state index is 0.220. The normalized spacial score (nSPS) is 24.6. The summed E-state index contributed by atoms with van der Waals surface area (Å²) in [6.45, 7) is 3.02. The summed E-state index contributed by atoms with van der Waals surface area (Å²) in [5.74, 6) is 0.823. The van der Waals surface area contributed by atoms with Gasteiger partial charge in [-0.2, -0.15) is 0 Å². The van der Waals surface area contributed by atoms with Crippen molar-refractivity contribution in [1.82, 2.24) is 5.32 Å². The van der Waals surface area contributed by atoms with Crippen LogP contribution in [-0.4, -0.2) is 17.8 Å². The molecule has 1 aliphatic rings. The van der Waals surface area contributed by atoms with Crippen LogP contribution in [0, 0.1) is 5.92 Å². The number of alkyl halides is 1. The molecule has 0 bridgehead atoms. The summed E-state index contributed by atoms with van der Waals surface area (Å²) in [5, 5.41) is 3.38. The van der Waals surface area contributed by atoms with Gasteiger partial charge in [0.1, 0.15) is 0 Å². The Balaban J connectivity index is 2.02. The van der Waals surface area contributed by atoms with Crippen molar-refractivity contribution in [3.05, 3.63) is 0 Å². The van der Waals surface area contributed by atoms with Crippen LogP contribution < -0.4 is 5.32 Å². The van der Waals surface area contributed by atoms with Crippen molar-refractivity contribution in [1.29, 1.82) is 0 Å². The summed E-state index contributed by atoms with van der Waals surface area (Å²) in [4.78, 5) is 11.6. The second-order valence-electron chi connectivity index (χ2n) is 5.24. The van der Waals surface area contributed by atoms with Crippen molar-refractivity contribution >= 4 is 17.5 Å². The zero-order chi connectivity index (χ0) is 12.5. The minimum Gasteiger partial charge on any atom is -0.356 e. The topological polar surface area (TPSA) is 29.1 Å². The van der Waals surface area contributed by atoms with Crippen LogP contribution in [0.2, 0.25) is 0 Å². The third kappa shape index (κ3) is 6.92. The van der Waals surface area contributed by atoms with Gasteiger partial charge in [0.05, 0.1) is 0 Å². The van der Waals surface area contributed by atoms with Gasteiger partial charge in [0, 0.05) is 18.3 Å². The monoisotopic (exact) mass is 259 g/mol. The smallest absolute Gasteiger partial charge is 0.220 e. The van der Waals surface area contributed by atoms with Crippen LogP contribution in [0.1, 0.15) is 64.7 Å². The van der Waals surface area contributed by atoms with E-state index < -0.39 is 0 Å². The first-order chi connectivity index (χ1) is 8.22. The maximum atomic E-state index is 11.6. The average molecular weight is 260 g/mol. The highest BCUT2D eigenvalue weighted by Crippen LogP contribution is 2.27. The van der Waals surface area contributed by atoms with Gasteiger partial charge in [-0.3, -0.25) is 4.79 Å². The van der Waals surface area contributed by atoms with E-state index in [9.17, 15) is 4.79 Å². The van der Waals surface area contributed by atoms with Gasteiger partial charge >= 0.3 is 0 Å². The summed E-state index contributed by atoms with van der Waals surface area (Å²) in [6.07, 6.45) is 10.0. The average Bonchev–Trinajstić information content (AvgIpc) is 2.32. The van der Waals surface area contributed by atoms with Crippen LogP contribution in [-0.2, 0) is 4.79 Å². The molecule has 1 N–H and O–H groups in total. The number of carbonyl (C=O) groups is 1. The van der Waals surface area contributed by atoms with Crippen LogP contribution in [0.25, 0.3) is 0 Å². The van der Waals surface area contributed by atoms with Crippen LogP contribution in [0.4, 0.5) is 0 Å². The summed E-state index contributed by atoms with van der Waals surface area (Å²) in [7, 11) is 0. The van der Waals surface area contributed by atoms with Crippen molar-refractivity contribution < 1.29 is 4.79 Å². The van der Waals surface area contributed by atoms with Gasteiger partial charge in [0.15, 0.2) is 0 Å². The largest absolute Gasteiger partial charge is 0.356 e. The molecule has 1 rings (SSSR count). The highest BCUT2D eigenvalue weighted by atomic mass is 35.5. The second kappa shape index (κ2) is 8.79. The number of amides is 1. The lowest BCUT2D eigenvalue weighted by Crippen LogP contribution is -2.31. The number of carbonyl (C=O) groups excluding carboxylic acids is 1. The lowest BCUT2D eigenvalue weighted by molar-refractivity contribution is -0.121. The molecule has 1 fully saturated rings. The van der Waals surface area contributed by atoms with Crippen molar-refractivity contribution in [3.63, 3.8) is 0 Å². The van der Waals surface area contributed by atoms with E-state index in [2.05, 4.69) is 12.2 Å². The van der Waals surface area contributed by atoms with Crippen molar-refractivity contribution in [2.45, 2.75) is 70.1 Å². The molecule has 0 aliphatic heterocycles. The second-order valence-corrected chi connectivity index (χ2v) is 5.86. The molecule has 1 saturated carbocycles. The molecule has 2 nitrogen and oxygen atoms in total. The number of rotatable bonds is 7. The number of nitrogens with one attached hydrogen (secondary N) is 1. The van der Waals surface area contributed by atoms with E-state index in [0.717, 1.165) is 25.8 Å². The molecule has 1 aliphatic carbocycles. The van der Waals surface area contributed by atoms with Gasteiger partial charge in [-0.05, 0) is 31.6 Å². The van der Waals surface area contributed by atoms with Gasteiger partial charge in [0.25, 0.3) is 0 Å². The van der Waals surface area contributed by atoms with Crippen LogP contribution in [0.5, 0.6) is 0 Å². The highest BCUT2D eigenvalue weighted by Gasteiger charge is 2.20. The van der Waals surface area contributed by atoms with Crippen molar-refractivity contribution in [2.75, 3.05) is 6.54 Å². The fraction of sp³-hybridized carbons (Fsp3) is 0.929. The van der Waals surface area contributed by atoms with E-state index in [0.29, 0.717) is 17.7 Å². The lowest BCUT2D eigenvalue weighted by atomic mass is 9.89. The number of hydrogen-bond acceptors (Lipinski definition) is 1. The third-order valence-corrected chi connectivity index (χ3v) is 3.96. The van der Waals surface area contributed by atoms with Gasteiger partial charge in [-0.25, -0.2) is 0 Å². The number of halogens is 1. The summed E-state index contributed by atoms with van der Waals surface area (Å²) >= 11 is 6.13. The van der Waals surface area contributed by atoms with E-state index in [1.54, 1.807) is 0 Å². The Bertz CT molecular complexity index is 220. The van der Waals surface area contributed by atoms with E-state index in [4.69, 9.17) is 11.6 Å². The molecule has 100 valence electrons. The predicted octanol–water partition coefficient (Wildman–Crippen LogP) is 3.87. The Labute approximate surface area is 110 Å². The van der Waals surface area contributed by atoms with E-state index in [1.807, 2.05) is 0 Å². The summed E-state index contributed by atoms with van der Waals surface area (Å²) in [5.41, 5.74) is 0. The zero-order valence-electron chi connectivity index (χ0n) is 11.0. The molecule has 0 aromatic rings. The maximum Gasteiger partial charge on any atom is 0.220 e. The molecule has 2 atom stereocenters. The number of hydrogen-bond donors (Lipinski definition) is 1. The standard InChI is InChI=1S/C14H26ClNO/c1-2-3-4-5-9-14(17)16-11-12-7-6-8-13(15)10-12/h12-13H,2-11H2,1H3,(H,16,17). The quantitative estimate of drug-likeness (QED) is 0.546. The third-order valence-electron chi connectivity index (χ3n) is 3.56. The fourth-order valence-electron chi connectivity index (χ4n) is 2.47. The predicted molar refractivity (Wildman–Crippen MR) is 73.4 cm³/mol. The number of unbranched alkanes of at least 4 members (excludes halogenated alkanes) is 3. The molecule has 17 heavy (non-hydrogen) atoms. The molecule has 0 heterocycles. The van der Waals surface area contributed by atoms with Gasteiger partial charge < -0.3 is 5.32 Å². The van der Waals surface area contributed by atoms with Crippen LogP contribution in [0.3, 0.4) is 0 Å². The molecule has 0 spiro atoms. The van der Waals surface area contributed by atoms with Crippen LogP contribution >= 0.6 is 11.6 Å². The molecule has 3 heteroatoms. The summed E-state index contributed by atoms with van der Waals surface area (Å²) < 4.78 is 0. The SMILES string of the molecule is CCCCCCC(=O)NCC1CCCC(Cl)C1. The van der Waals surface area contributed by atoms with Gasteiger partial charge in [-0.1, -0.05) is 32.6 Å². The first kappa shape index (κ1) is 14.8. The Morgan fingerprint density at radius 2 is 2.12 bits per heavy atom. The lowest BCUT2D eigenvalue weighted by Gasteiger charge is -2.25. The minimum atomic E-state index is 0.220. The van der Waals surface area contributed by atoms with Crippen molar-refractivity contribution in [3.8, 4) is 0 Å². The Morgan fingerprint density at radius 3 is 2.82 bits per heavy atom. The Hall–Kier alpha value is -0.240. The molecule has 0 aromatic carbocycles. The van der Waals surface area contributed by atoms with E-state index >= 15 is 0 Å². The Kier molecular flexibility index (Phi) is 7.67. The van der Waals surface area contributed by atoms with Gasteiger partial charge in [-0.15, -0.1) is 11.6 Å². The molecule has 2 unspecified atom stereocenters. The molecule has 1 amide bonds.